The highest BCUT2D eigenvalue weighted by atomic mass is 32.2. The van der Waals surface area contributed by atoms with Crippen LogP contribution in [-0.4, -0.2) is 20.1 Å². The summed E-state index contributed by atoms with van der Waals surface area (Å²) >= 11 is 1.25. The van der Waals surface area contributed by atoms with Crippen LogP contribution in [0.3, 0.4) is 0 Å². The third kappa shape index (κ3) is 3.55. The largest absolute Gasteiger partial charge is 0.387 e. The molecule has 2 aromatic heterocycles. The lowest BCUT2D eigenvalue weighted by Crippen LogP contribution is -2.09. The van der Waals surface area contributed by atoms with E-state index < -0.39 is 6.10 Å². The number of H-pyrrole nitrogens is 1. The SMILES string of the molecule is CC[C@@H](O)c1ccc(Sc2nc(N)cc(=O)[nH]2)cn1. The van der Waals surface area contributed by atoms with Crippen molar-refractivity contribution in [1.82, 2.24) is 15.0 Å². The zero-order valence-corrected chi connectivity index (χ0v) is 11.1. The highest BCUT2D eigenvalue weighted by Crippen LogP contribution is 2.24. The zero-order chi connectivity index (χ0) is 13.8. The van der Waals surface area contributed by atoms with Crippen molar-refractivity contribution in [3.05, 3.63) is 40.4 Å². The topological polar surface area (TPSA) is 105 Å². The van der Waals surface area contributed by atoms with Gasteiger partial charge in [-0.1, -0.05) is 18.7 Å². The van der Waals surface area contributed by atoms with E-state index in [9.17, 15) is 9.90 Å². The summed E-state index contributed by atoms with van der Waals surface area (Å²) in [4.78, 5) is 22.8. The summed E-state index contributed by atoms with van der Waals surface area (Å²) < 4.78 is 0. The summed E-state index contributed by atoms with van der Waals surface area (Å²) in [5, 5.41) is 10.0. The normalized spacial score (nSPS) is 12.3. The van der Waals surface area contributed by atoms with Gasteiger partial charge < -0.3 is 15.8 Å². The predicted octanol–water partition coefficient (Wildman–Crippen LogP) is 1.34. The molecular weight excluding hydrogens is 264 g/mol. The molecule has 100 valence electrons. The van der Waals surface area contributed by atoms with Gasteiger partial charge in [0.25, 0.3) is 5.56 Å². The minimum Gasteiger partial charge on any atom is -0.387 e. The lowest BCUT2D eigenvalue weighted by molar-refractivity contribution is 0.169. The summed E-state index contributed by atoms with van der Waals surface area (Å²) in [7, 11) is 0. The summed E-state index contributed by atoms with van der Waals surface area (Å²) in [6.45, 7) is 1.89. The molecule has 0 aromatic carbocycles. The Morgan fingerprint density at radius 1 is 1.53 bits per heavy atom. The van der Waals surface area contributed by atoms with E-state index in [0.29, 0.717) is 17.3 Å². The molecule has 0 amide bonds. The Hall–Kier alpha value is -1.86. The number of hydrogen-bond acceptors (Lipinski definition) is 6. The van der Waals surface area contributed by atoms with E-state index in [4.69, 9.17) is 5.73 Å². The molecule has 0 aliphatic rings. The first-order valence-electron chi connectivity index (χ1n) is 5.77. The molecule has 7 heteroatoms. The summed E-state index contributed by atoms with van der Waals surface area (Å²) in [5.41, 5.74) is 5.84. The van der Waals surface area contributed by atoms with E-state index in [2.05, 4.69) is 15.0 Å². The number of aliphatic hydroxyl groups excluding tert-OH is 1. The second kappa shape index (κ2) is 5.85. The number of aromatic amines is 1. The van der Waals surface area contributed by atoms with Crippen LogP contribution in [0.2, 0.25) is 0 Å². The van der Waals surface area contributed by atoms with Gasteiger partial charge in [-0.15, -0.1) is 0 Å². The highest BCUT2D eigenvalue weighted by molar-refractivity contribution is 7.99. The van der Waals surface area contributed by atoms with Crippen molar-refractivity contribution in [3.63, 3.8) is 0 Å². The minimum atomic E-state index is -0.552. The van der Waals surface area contributed by atoms with Crippen LogP contribution in [-0.2, 0) is 0 Å². The number of nitrogen functional groups attached to an aromatic ring is 1. The van der Waals surface area contributed by atoms with Crippen LogP contribution < -0.4 is 11.3 Å². The van der Waals surface area contributed by atoms with Gasteiger partial charge in [0.2, 0.25) is 0 Å². The minimum absolute atomic E-state index is 0.178. The van der Waals surface area contributed by atoms with Crippen molar-refractivity contribution in [3.8, 4) is 0 Å². The van der Waals surface area contributed by atoms with Crippen LogP contribution >= 0.6 is 11.8 Å². The predicted molar refractivity (Wildman–Crippen MR) is 72.9 cm³/mol. The van der Waals surface area contributed by atoms with Crippen molar-refractivity contribution in [2.45, 2.75) is 29.5 Å². The summed E-state index contributed by atoms with van der Waals surface area (Å²) in [6, 6.07) is 4.79. The number of nitrogens with zero attached hydrogens (tertiary/aromatic N) is 2. The first-order chi connectivity index (χ1) is 9.08. The maximum Gasteiger partial charge on any atom is 0.253 e. The molecule has 0 saturated carbocycles. The van der Waals surface area contributed by atoms with E-state index >= 15 is 0 Å². The third-order valence-electron chi connectivity index (χ3n) is 2.44. The highest BCUT2D eigenvalue weighted by Gasteiger charge is 2.07. The van der Waals surface area contributed by atoms with Crippen LogP contribution in [0, 0.1) is 0 Å². The van der Waals surface area contributed by atoms with E-state index in [-0.39, 0.29) is 11.4 Å². The third-order valence-corrected chi connectivity index (χ3v) is 3.31. The fourth-order valence-electron chi connectivity index (χ4n) is 1.47. The first kappa shape index (κ1) is 13.6. The first-order valence-corrected chi connectivity index (χ1v) is 6.59. The number of aromatic nitrogens is 3. The van der Waals surface area contributed by atoms with Gasteiger partial charge in [-0.05, 0) is 18.6 Å². The van der Waals surface area contributed by atoms with E-state index in [0.717, 1.165) is 4.90 Å². The second-order valence-corrected chi connectivity index (χ2v) is 4.98. The molecule has 0 spiro atoms. The Bertz CT molecular complexity index is 612. The number of nitrogens with two attached hydrogens (primary N) is 1. The van der Waals surface area contributed by atoms with Gasteiger partial charge >= 0.3 is 0 Å². The molecular formula is C12H14N4O2S. The number of nitrogens with one attached hydrogen (secondary N) is 1. The monoisotopic (exact) mass is 278 g/mol. The lowest BCUT2D eigenvalue weighted by Gasteiger charge is -2.07. The van der Waals surface area contributed by atoms with Crippen molar-refractivity contribution >= 4 is 17.6 Å². The smallest absolute Gasteiger partial charge is 0.253 e. The van der Waals surface area contributed by atoms with E-state index in [1.807, 2.05) is 13.0 Å². The average molecular weight is 278 g/mol. The number of pyridine rings is 1. The Morgan fingerprint density at radius 3 is 2.89 bits per heavy atom. The van der Waals surface area contributed by atoms with Gasteiger partial charge in [-0.3, -0.25) is 9.78 Å². The van der Waals surface area contributed by atoms with Crippen LogP contribution in [0.25, 0.3) is 0 Å². The molecule has 0 saturated heterocycles. The number of hydrogen-bond donors (Lipinski definition) is 3. The maximum absolute atomic E-state index is 11.2. The quantitative estimate of drug-likeness (QED) is 0.729. The van der Waals surface area contributed by atoms with Crippen LogP contribution in [0.4, 0.5) is 5.82 Å². The lowest BCUT2D eigenvalue weighted by atomic mass is 10.2. The second-order valence-electron chi connectivity index (χ2n) is 3.92. The van der Waals surface area contributed by atoms with E-state index in [1.54, 1.807) is 12.3 Å². The maximum atomic E-state index is 11.2. The van der Waals surface area contributed by atoms with Crippen molar-refractivity contribution in [2.24, 2.45) is 0 Å². The molecule has 2 heterocycles. The molecule has 4 N–H and O–H groups in total. The fourth-order valence-corrected chi connectivity index (χ4v) is 2.24. The molecule has 0 aliphatic carbocycles. The van der Waals surface area contributed by atoms with Gasteiger partial charge in [-0.25, -0.2) is 4.98 Å². The van der Waals surface area contributed by atoms with Crippen LogP contribution in [0.1, 0.15) is 25.1 Å². The molecule has 0 unspecified atom stereocenters. The summed E-state index contributed by atoms with van der Waals surface area (Å²) in [6.07, 6.45) is 1.69. The fraction of sp³-hybridized carbons (Fsp3) is 0.250. The van der Waals surface area contributed by atoms with Gasteiger partial charge in [0.15, 0.2) is 5.16 Å². The molecule has 1 atom stereocenters. The molecule has 2 rings (SSSR count). The number of aliphatic hydroxyl groups is 1. The Labute approximate surface area is 114 Å². The van der Waals surface area contributed by atoms with Gasteiger partial charge in [0.05, 0.1) is 11.8 Å². The standard InChI is InChI=1S/C12H14N4O2S/c1-2-9(17)8-4-3-7(6-14-8)19-12-15-10(13)5-11(18)16-12/h3-6,9,17H,2H2,1H3,(H3,13,15,16,18)/t9-/m1/s1. The molecule has 0 bridgehead atoms. The zero-order valence-electron chi connectivity index (χ0n) is 10.3. The van der Waals surface area contributed by atoms with Crippen molar-refractivity contribution < 1.29 is 5.11 Å². The Kier molecular flexibility index (Phi) is 4.18. The van der Waals surface area contributed by atoms with E-state index in [1.165, 1.54) is 17.8 Å². The Balaban J connectivity index is 2.17. The van der Waals surface area contributed by atoms with Crippen LogP contribution in [0.5, 0.6) is 0 Å². The van der Waals surface area contributed by atoms with Gasteiger partial charge in [0.1, 0.15) is 5.82 Å². The molecule has 0 radical (unpaired) electrons. The molecule has 0 aliphatic heterocycles. The number of anilines is 1. The van der Waals surface area contributed by atoms with Gasteiger partial charge in [-0.2, -0.15) is 0 Å². The molecule has 2 aromatic rings. The molecule has 0 fully saturated rings. The average Bonchev–Trinajstić information content (AvgIpc) is 2.37. The number of rotatable bonds is 4. The molecule has 6 nitrogen and oxygen atoms in total. The van der Waals surface area contributed by atoms with Crippen molar-refractivity contribution in [2.75, 3.05) is 5.73 Å². The summed E-state index contributed by atoms with van der Waals surface area (Å²) in [5.74, 6) is 0.178. The Morgan fingerprint density at radius 2 is 2.32 bits per heavy atom. The van der Waals surface area contributed by atoms with Crippen molar-refractivity contribution in [1.29, 1.82) is 0 Å². The molecule has 19 heavy (non-hydrogen) atoms. The van der Waals surface area contributed by atoms with Gasteiger partial charge in [0, 0.05) is 17.2 Å². The van der Waals surface area contributed by atoms with Crippen LogP contribution in [0.15, 0.2) is 39.2 Å².